The van der Waals surface area contributed by atoms with Crippen molar-refractivity contribution in [3.8, 4) is 0 Å². The number of aliphatic carboxylic acids is 1. The lowest BCUT2D eigenvalue weighted by Crippen LogP contribution is -2.27. The van der Waals surface area contributed by atoms with Gasteiger partial charge >= 0.3 is 12.1 Å². The first kappa shape index (κ1) is 29.0. The summed E-state index contributed by atoms with van der Waals surface area (Å²) in [6, 6.07) is 7.57. The summed E-state index contributed by atoms with van der Waals surface area (Å²) in [6.07, 6.45) is 0.0826. The summed E-state index contributed by atoms with van der Waals surface area (Å²) in [5, 5.41) is 23.1. The smallest absolute Gasteiger partial charge is 0.412 e. The van der Waals surface area contributed by atoms with Gasteiger partial charge in [0, 0.05) is 29.4 Å². The van der Waals surface area contributed by atoms with Crippen LogP contribution in [0.1, 0.15) is 46.4 Å². The Bertz CT molecular complexity index is 1230. The van der Waals surface area contributed by atoms with Crippen LogP contribution < -0.4 is 5.32 Å². The summed E-state index contributed by atoms with van der Waals surface area (Å²) in [4.78, 5) is 32.7. The van der Waals surface area contributed by atoms with Gasteiger partial charge in [0.25, 0.3) is 0 Å². The van der Waals surface area contributed by atoms with Crippen molar-refractivity contribution in [3.63, 3.8) is 0 Å². The maximum atomic E-state index is 12.6. The number of aromatic nitrogens is 3. The number of aliphatic hydroxyl groups is 1. The fourth-order valence-corrected chi connectivity index (χ4v) is 5.84. The number of carboxylic acids is 1. The van der Waals surface area contributed by atoms with Crippen LogP contribution in [0.2, 0.25) is 0 Å². The summed E-state index contributed by atoms with van der Waals surface area (Å²) in [5.41, 5.74) is 0.908. The lowest BCUT2D eigenvalue weighted by atomic mass is 10.1. The Morgan fingerprint density at radius 3 is 2.70 bits per heavy atom. The quantitative estimate of drug-likeness (QED) is 0.184. The number of nitrogens with zero attached hydrogens (tertiary/aromatic N) is 3. The van der Waals surface area contributed by atoms with Crippen molar-refractivity contribution in [3.05, 3.63) is 30.1 Å². The number of carbonyl (C=O) groups is 2. The van der Waals surface area contributed by atoms with Gasteiger partial charge in [-0.2, -0.15) is 0 Å². The molecule has 0 saturated carbocycles. The molecule has 1 unspecified atom stereocenters. The monoisotopic (exact) mass is 550 g/mol. The second kappa shape index (κ2) is 13.3. The molecule has 2 heterocycles. The summed E-state index contributed by atoms with van der Waals surface area (Å²) in [5.74, 6) is 0.660. The van der Waals surface area contributed by atoms with E-state index in [1.807, 2.05) is 42.7 Å². The lowest BCUT2D eigenvalue weighted by Gasteiger charge is -2.20. The summed E-state index contributed by atoms with van der Waals surface area (Å²) in [7, 11) is 3.11. The molecule has 3 N–H and O–H groups in total. The fraction of sp³-hybridized carbons (Fsp3) is 0.520. The molecule has 0 aliphatic carbocycles. The van der Waals surface area contributed by atoms with E-state index in [2.05, 4.69) is 10.3 Å². The van der Waals surface area contributed by atoms with E-state index < -0.39 is 17.7 Å². The minimum absolute atomic E-state index is 0.138. The normalized spacial score (nSPS) is 12.7. The van der Waals surface area contributed by atoms with Crippen LogP contribution in [0.3, 0.4) is 0 Å². The Balaban J connectivity index is 1.77. The van der Waals surface area contributed by atoms with Crippen LogP contribution in [-0.2, 0) is 27.4 Å². The molecule has 202 valence electrons. The number of carbonyl (C=O) groups excluding carboxylic acids is 1. The lowest BCUT2D eigenvalue weighted by molar-refractivity contribution is -0.137. The van der Waals surface area contributed by atoms with Crippen molar-refractivity contribution in [1.29, 1.82) is 0 Å². The topological polar surface area (TPSA) is 136 Å². The molecule has 3 rings (SSSR count). The third-order valence-corrected chi connectivity index (χ3v) is 8.19. The van der Waals surface area contributed by atoms with E-state index in [4.69, 9.17) is 19.6 Å². The molecule has 0 bridgehead atoms. The number of hydrogen-bond acceptors (Lipinski definition) is 9. The second-order valence-corrected chi connectivity index (χ2v) is 12.1. The van der Waals surface area contributed by atoms with Gasteiger partial charge in [0.05, 0.1) is 23.2 Å². The first-order chi connectivity index (χ1) is 17.6. The molecule has 37 heavy (non-hydrogen) atoms. The van der Waals surface area contributed by atoms with Gasteiger partial charge in [-0.1, -0.05) is 46.7 Å². The predicted octanol–water partition coefficient (Wildman–Crippen LogP) is 5.08. The Morgan fingerprint density at radius 1 is 1.24 bits per heavy atom. The first-order valence-electron chi connectivity index (χ1n) is 12.1. The van der Waals surface area contributed by atoms with Crippen molar-refractivity contribution in [1.82, 2.24) is 14.5 Å². The zero-order valence-corrected chi connectivity index (χ0v) is 23.2. The molecular weight excluding hydrogens is 516 g/mol. The molecule has 10 nitrogen and oxygen atoms in total. The Kier molecular flexibility index (Phi) is 10.4. The van der Waals surface area contributed by atoms with Crippen LogP contribution >= 0.6 is 21.6 Å². The number of para-hydroxylation sites is 1. The molecule has 0 spiro atoms. The highest BCUT2D eigenvalue weighted by Gasteiger charge is 2.24. The van der Waals surface area contributed by atoms with Gasteiger partial charge in [-0.05, 0) is 33.3 Å². The molecule has 0 aliphatic rings. The highest BCUT2D eigenvalue weighted by Crippen LogP contribution is 2.32. The van der Waals surface area contributed by atoms with Gasteiger partial charge in [0.2, 0.25) is 0 Å². The van der Waals surface area contributed by atoms with Crippen molar-refractivity contribution in [2.75, 3.05) is 24.3 Å². The van der Waals surface area contributed by atoms with Crippen molar-refractivity contribution in [2.24, 2.45) is 0 Å². The summed E-state index contributed by atoms with van der Waals surface area (Å²) < 4.78 is 12.9. The molecule has 12 heteroatoms. The van der Waals surface area contributed by atoms with Gasteiger partial charge in [0.15, 0.2) is 5.82 Å². The molecule has 0 saturated heterocycles. The number of pyridine rings is 1. The van der Waals surface area contributed by atoms with Crippen LogP contribution in [0.25, 0.3) is 21.9 Å². The average Bonchev–Trinajstić information content (AvgIpc) is 3.18. The minimum Gasteiger partial charge on any atom is -0.481 e. The number of nitrogens with one attached hydrogen (secondary N) is 1. The van der Waals surface area contributed by atoms with Crippen LogP contribution in [0.5, 0.6) is 0 Å². The number of hydrogen-bond donors (Lipinski definition) is 3. The third kappa shape index (κ3) is 8.49. The van der Waals surface area contributed by atoms with E-state index in [1.54, 1.807) is 24.6 Å². The van der Waals surface area contributed by atoms with Gasteiger partial charge in [-0.3, -0.25) is 10.1 Å². The van der Waals surface area contributed by atoms with E-state index in [9.17, 15) is 14.7 Å². The van der Waals surface area contributed by atoms with E-state index >= 15 is 0 Å². The molecule has 2 aromatic heterocycles. The Labute approximate surface area is 223 Å². The number of rotatable bonds is 14. The number of ether oxygens (including phenoxy) is 2. The SMILES string of the molecule is CCOCc1nc2c(NC(=O)OCCSSC(C)CCC(=O)O)nc3ccccc3c2n1CC(C)(C)O. The molecule has 1 atom stereocenters. The molecule has 0 aliphatic heterocycles. The standard InChI is InChI=1S/C25H34N4O6S2/c1-5-34-14-19-27-21-22(29(19)15-25(3,4)33)17-8-6-7-9-18(17)26-23(21)28-24(32)35-12-13-36-37-16(2)10-11-20(30)31/h6-9,16,33H,5,10-15H2,1-4H3,(H,30,31)(H,26,28,32). The fourth-order valence-electron chi connectivity index (χ4n) is 3.67. The second-order valence-electron chi connectivity index (χ2n) is 9.16. The van der Waals surface area contributed by atoms with Crippen LogP contribution in [-0.4, -0.2) is 66.6 Å². The van der Waals surface area contributed by atoms with E-state index in [0.717, 1.165) is 10.9 Å². The number of anilines is 1. The summed E-state index contributed by atoms with van der Waals surface area (Å²) in [6.45, 7) is 8.56. The van der Waals surface area contributed by atoms with Gasteiger partial charge < -0.3 is 24.3 Å². The molecule has 1 amide bonds. The van der Waals surface area contributed by atoms with Gasteiger partial charge in [-0.15, -0.1) is 0 Å². The van der Waals surface area contributed by atoms with Crippen LogP contribution in [0, 0.1) is 0 Å². The average molecular weight is 551 g/mol. The zero-order valence-electron chi connectivity index (χ0n) is 21.5. The maximum Gasteiger partial charge on any atom is 0.412 e. The van der Waals surface area contributed by atoms with E-state index in [-0.39, 0.29) is 37.2 Å². The van der Waals surface area contributed by atoms with E-state index in [0.29, 0.717) is 35.6 Å². The Hall–Kier alpha value is -2.54. The van der Waals surface area contributed by atoms with Gasteiger partial charge in [0.1, 0.15) is 24.6 Å². The highest BCUT2D eigenvalue weighted by molar-refractivity contribution is 8.76. The third-order valence-electron chi connectivity index (χ3n) is 5.26. The van der Waals surface area contributed by atoms with Crippen LogP contribution in [0.15, 0.2) is 24.3 Å². The summed E-state index contributed by atoms with van der Waals surface area (Å²) >= 11 is 0. The zero-order chi connectivity index (χ0) is 27.0. The number of fused-ring (bicyclic) bond motifs is 3. The van der Waals surface area contributed by atoms with Crippen molar-refractivity contribution in [2.45, 2.75) is 64.5 Å². The largest absolute Gasteiger partial charge is 0.481 e. The predicted molar refractivity (Wildman–Crippen MR) is 148 cm³/mol. The molecular formula is C25H34N4O6S2. The van der Waals surface area contributed by atoms with Gasteiger partial charge in [-0.25, -0.2) is 14.8 Å². The maximum absolute atomic E-state index is 12.6. The number of carboxylic acid groups (broad SMARTS) is 1. The molecule has 0 fully saturated rings. The van der Waals surface area contributed by atoms with Crippen molar-refractivity contribution < 1.29 is 29.3 Å². The first-order valence-corrected chi connectivity index (χ1v) is 14.5. The highest BCUT2D eigenvalue weighted by atomic mass is 33.1. The molecule has 1 aromatic carbocycles. The Morgan fingerprint density at radius 2 is 2.00 bits per heavy atom. The number of benzene rings is 1. The number of amides is 1. The molecule has 0 radical (unpaired) electrons. The van der Waals surface area contributed by atoms with Crippen LogP contribution in [0.4, 0.5) is 10.6 Å². The van der Waals surface area contributed by atoms with Crippen molar-refractivity contribution >= 4 is 61.4 Å². The minimum atomic E-state index is -1.01. The van der Waals surface area contributed by atoms with E-state index in [1.165, 1.54) is 10.8 Å². The molecule has 3 aromatic rings. The number of imidazole rings is 1.